The zero-order valence-electron chi connectivity index (χ0n) is 10.4. The van der Waals surface area contributed by atoms with Gasteiger partial charge in [-0.15, -0.1) is 11.3 Å². The molecular weight excluding hydrogens is 268 g/mol. The largest absolute Gasteiger partial charge is 0.479 e. The van der Waals surface area contributed by atoms with Crippen molar-refractivity contribution in [1.82, 2.24) is 4.90 Å². The molecule has 0 bridgehead atoms. The Kier molecular flexibility index (Phi) is 4.52. The van der Waals surface area contributed by atoms with E-state index >= 15 is 0 Å². The van der Waals surface area contributed by atoms with E-state index in [2.05, 4.69) is 0 Å². The number of nitrogens with zero attached hydrogens (tertiary/aromatic N) is 1. The fraction of sp³-hybridized carbons (Fsp3) is 0.500. The number of aliphatic carboxylic acids is 1. The summed E-state index contributed by atoms with van der Waals surface area (Å²) in [6.45, 7) is 0.918. The maximum atomic E-state index is 12.0. The van der Waals surface area contributed by atoms with E-state index in [-0.39, 0.29) is 12.5 Å². The number of rotatable bonds is 5. The zero-order chi connectivity index (χ0) is 13.8. The third-order valence-electron chi connectivity index (χ3n) is 3.01. The van der Waals surface area contributed by atoms with Crippen LogP contribution in [-0.4, -0.2) is 48.2 Å². The van der Waals surface area contributed by atoms with Crippen LogP contribution in [-0.2, 0) is 20.7 Å². The second kappa shape index (κ2) is 6.14. The minimum Gasteiger partial charge on any atom is -0.479 e. The second-order valence-electron chi connectivity index (χ2n) is 4.22. The average molecular weight is 284 g/mol. The molecule has 1 aromatic rings. The van der Waals surface area contributed by atoms with E-state index in [9.17, 15) is 14.7 Å². The minimum absolute atomic E-state index is 0.125. The molecule has 19 heavy (non-hydrogen) atoms. The molecule has 0 spiro atoms. The number of nitrogens with two attached hydrogens (primary N) is 1. The molecular formula is C12H16N2O4S. The van der Waals surface area contributed by atoms with Gasteiger partial charge in [-0.05, 0) is 23.4 Å². The van der Waals surface area contributed by atoms with Gasteiger partial charge in [0, 0.05) is 18.0 Å². The topological polar surface area (TPSA) is 92.9 Å². The molecule has 2 rings (SSSR count). The Morgan fingerprint density at radius 2 is 2.37 bits per heavy atom. The van der Waals surface area contributed by atoms with Crippen molar-refractivity contribution < 1.29 is 19.4 Å². The Morgan fingerprint density at radius 3 is 3.05 bits per heavy atom. The molecule has 0 aromatic carbocycles. The number of hydrogen-bond donors (Lipinski definition) is 2. The number of carbonyl (C=O) groups excluding carboxylic acids is 1. The summed E-state index contributed by atoms with van der Waals surface area (Å²) in [6.07, 6.45) is 0.694. The average Bonchev–Trinajstić information content (AvgIpc) is 2.85. The lowest BCUT2D eigenvalue weighted by Crippen LogP contribution is -2.44. The summed E-state index contributed by atoms with van der Waals surface area (Å²) >= 11 is 1.53. The number of carboxylic acids is 1. The van der Waals surface area contributed by atoms with E-state index in [1.54, 1.807) is 6.07 Å². The van der Waals surface area contributed by atoms with E-state index in [1.165, 1.54) is 16.2 Å². The van der Waals surface area contributed by atoms with Crippen molar-refractivity contribution in [2.24, 2.45) is 5.73 Å². The molecule has 0 saturated carbocycles. The van der Waals surface area contributed by atoms with Gasteiger partial charge in [-0.1, -0.05) is 0 Å². The maximum absolute atomic E-state index is 12.0. The van der Waals surface area contributed by atoms with Crippen molar-refractivity contribution in [2.75, 3.05) is 26.3 Å². The van der Waals surface area contributed by atoms with Crippen LogP contribution in [0.2, 0.25) is 0 Å². The number of amides is 1. The van der Waals surface area contributed by atoms with E-state index in [4.69, 9.17) is 10.5 Å². The van der Waals surface area contributed by atoms with Gasteiger partial charge in [-0.25, -0.2) is 4.79 Å². The predicted molar refractivity (Wildman–Crippen MR) is 70.0 cm³/mol. The van der Waals surface area contributed by atoms with Crippen molar-refractivity contribution in [2.45, 2.75) is 12.5 Å². The van der Waals surface area contributed by atoms with Crippen LogP contribution in [0, 0.1) is 0 Å². The molecule has 0 radical (unpaired) electrons. The van der Waals surface area contributed by atoms with Gasteiger partial charge in [0.1, 0.15) is 6.61 Å². The quantitative estimate of drug-likeness (QED) is 0.755. The van der Waals surface area contributed by atoms with Crippen LogP contribution in [0.1, 0.15) is 16.5 Å². The first-order chi connectivity index (χ1) is 9.15. The molecule has 1 aromatic heterocycles. The Hall–Kier alpha value is -1.44. The van der Waals surface area contributed by atoms with Crippen LogP contribution in [0.5, 0.6) is 0 Å². The third-order valence-corrected chi connectivity index (χ3v) is 4.00. The number of ether oxygens (including phenoxy) is 1. The highest BCUT2D eigenvalue weighted by atomic mass is 32.1. The van der Waals surface area contributed by atoms with Gasteiger partial charge in [0.2, 0.25) is 5.91 Å². The first-order valence-electron chi connectivity index (χ1n) is 6.01. The van der Waals surface area contributed by atoms with Crippen LogP contribution in [0.15, 0.2) is 11.4 Å². The summed E-state index contributed by atoms with van der Waals surface area (Å²) in [5, 5.41) is 11.2. The molecule has 0 aliphatic carbocycles. The van der Waals surface area contributed by atoms with E-state index < -0.39 is 12.0 Å². The lowest BCUT2D eigenvalue weighted by atomic mass is 10.00. The highest BCUT2D eigenvalue weighted by Crippen LogP contribution is 2.33. The molecule has 1 unspecified atom stereocenters. The molecule has 1 atom stereocenters. The molecule has 3 N–H and O–H groups in total. The van der Waals surface area contributed by atoms with Crippen molar-refractivity contribution in [3.8, 4) is 0 Å². The summed E-state index contributed by atoms with van der Waals surface area (Å²) in [6, 6.07) is 0.878. The summed E-state index contributed by atoms with van der Waals surface area (Å²) in [5.41, 5.74) is 5.99. The number of fused-ring (bicyclic) bond motifs is 1. The Bertz CT molecular complexity index is 474. The van der Waals surface area contributed by atoms with Gasteiger partial charge >= 0.3 is 5.97 Å². The molecule has 104 valence electrons. The van der Waals surface area contributed by atoms with E-state index in [0.29, 0.717) is 26.1 Å². The highest BCUT2D eigenvalue weighted by molar-refractivity contribution is 7.10. The van der Waals surface area contributed by atoms with Crippen LogP contribution >= 0.6 is 11.3 Å². The van der Waals surface area contributed by atoms with Gasteiger partial charge in [-0.2, -0.15) is 0 Å². The lowest BCUT2D eigenvalue weighted by Gasteiger charge is -2.33. The van der Waals surface area contributed by atoms with Crippen molar-refractivity contribution in [3.63, 3.8) is 0 Å². The van der Waals surface area contributed by atoms with Crippen LogP contribution < -0.4 is 5.73 Å². The Balaban J connectivity index is 2.12. The van der Waals surface area contributed by atoms with Gasteiger partial charge in [0.05, 0.1) is 6.61 Å². The van der Waals surface area contributed by atoms with Crippen molar-refractivity contribution in [1.29, 1.82) is 0 Å². The molecule has 6 nitrogen and oxygen atoms in total. The minimum atomic E-state index is -1.01. The molecule has 1 aliphatic rings. The number of hydrogen-bond acceptors (Lipinski definition) is 5. The van der Waals surface area contributed by atoms with Crippen LogP contribution in [0.4, 0.5) is 0 Å². The molecule has 1 aliphatic heterocycles. The van der Waals surface area contributed by atoms with Gasteiger partial charge in [0.15, 0.2) is 6.04 Å². The second-order valence-corrected chi connectivity index (χ2v) is 5.22. The first-order valence-corrected chi connectivity index (χ1v) is 6.89. The Labute approximate surface area is 114 Å². The van der Waals surface area contributed by atoms with E-state index in [0.717, 1.165) is 10.4 Å². The van der Waals surface area contributed by atoms with Gasteiger partial charge in [0.25, 0.3) is 0 Å². The van der Waals surface area contributed by atoms with Crippen LogP contribution in [0.3, 0.4) is 0 Å². The first kappa shape index (κ1) is 14.0. The zero-order valence-corrected chi connectivity index (χ0v) is 11.2. The smallest absolute Gasteiger partial charge is 0.331 e. The predicted octanol–water partition coefficient (Wildman–Crippen LogP) is 0.234. The maximum Gasteiger partial charge on any atom is 0.331 e. The third kappa shape index (κ3) is 2.94. The van der Waals surface area contributed by atoms with Crippen molar-refractivity contribution >= 4 is 23.2 Å². The SMILES string of the molecule is NCCOCC(=O)N1CCc2sccc2C1C(=O)O. The van der Waals surface area contributed by atoms with Gasteiger partial charge in [-0.3, -0.25) is 4.79 Å². The molecule has 1 amide bonds. The monoisotopic (exact) mass is 284 g/mol. The number of carboxylic acid groups (broad SMARTS) is 1. The highest BCUT2D eigenvalue weighted by Gasteiger charge is 2.36. The summed E-state index contributed by atoms with van der Waals surface area (Å²) in [5.74, 6) is -1.32. The lowest BCUT2D eigenvalue weighted by molar-refractivity contribution is -0.153. The van der Waals surface area contributed by atoms with Gasteiger partial charge < -0.3 is 20.5 Å². The molecule has 0 saturated heterocycles. The molecule has 2 heterocycles. The summed E-state index contributed by atoms with van der Waals surface area (Å²) < 4.78 is 5.09. The number of thiophene rings is 1. The fourth-order valence-electron chi connectivity index (χ4n) is 2.18. The van der Waals surface area contributed by atoms with Crippen molar-refractivity contribution in [3.05, 3.63) is 21.9 Å². The van der Waals surface area contributed by atoms with Crippen LogP contribution in [0.25, 0.3) is 0 Å². The standard InChI is InChI=1S/C12H16N2O4S/c13-3-5-18-7-10(15)14-4-1-9-8(2-6-19-9)11(14)12(16)17/h2,6,11H,1,3-5,7,13H2,(H,16,17). The Morgan fingerprint density at radius 1 is 1.58 bits per heavy atom. The molecule has 0 fully saturated rings. The van der Waals surface area contributed by atoms with E-state index in [1.807, 2.05) is 5.38 Å². The molecule has 7 heteroatoms. The fourth-order valence-corrected chi connectivity index (χ4v) is 3.08. The summed E-state index contributed by atoms with van der Waals surface area (Å²) in [4.78, 5) is 25.8. The number of carbonyl (C=O) groups is 2. The normalized spacial score (nSPS) is 18.2. The summed E-state index contributed by atoms with van der Waals surface area (Å²) in [7, 11) is 0.